The van der Waals surface area contributed by atoms with E-state index in [0.29, 0.717) is 20.7 Å². The van der Waals surface area contributed by atoms with Crippen LogP contribution in [0.25, 0.3) is 10.2 Å². The highest BCUT2D eigenvalue weighted by atomic mass is 79.9. The molecule has 3 aromatic rings. The van der Waals surface area contributed by atoms with E-state index in [4.69, 9.17) is 23.2 Å². The van der Waals surface area contributed by atoms with Gasteiger partial charge in [-0.05, 0) is 36.4 Å². The second-order valence-electron chi connectivity index (χ2n) is 4.24. The minimum atomic E-state index is -0.294. The van der Waals surface area contributed by atoms with Gasteiger partial charge < -0.3 is 0 Å². The predicted molar refractivity (Wildman–Crippen MR) is 91.7 cm³/mol. The number of benzene rings is 2. The van der Waals surface area contributed by atoms with Gasteiger partial charge in [-0.2, -0.15) is 0 Å². The molecule has 0 aliphatic carbocycles. The number of rotatable bonds is 2. The monoisotopic (exact) mass is 400 g/mol. The number of nitrogens with zero attached hydrogens (tertiary/aromatic N) is 1. The average Bonchev–Trinajstić information content (AvgIpc) is 2.78. The van der Waals surface area contributed by atoms with Gasteiger partial charge in [-0.15, -0.1) is 0 Å². The summed E-state index contributed by atoms with van der Waals surface area (Å²) in [5, 5.41) is 4.12. The molecule has 0 unspecified atom stereocenters. The Morgan fingerprint density at radius 1 is 1.14 bits per heavy atom. The van der Waals surface area contributed by atoms with Crippen LogP contribution in [-0.4, -0.2) is 10.9 Å². The molecule has 0 spiro atoms. The van der Waals surface area contributed by atoms with Gasteiger partial charge in [-0.3, -0.25) is 10.1 Å². The summed E-state index contributed by atoms with van der Waals surface area (Å²) in [5.41, 5.74) is 1.23. The Morgan fingerprint density at radius 3 is 2.57 bits per heavy atom. The molecule has 7 heteroatoms. The molecule has 0 aliphatic rings. The smallest absolute Gasteiger partial charge is 0.257 e. The van der Waals surface area contributed by atoms with E-state index in [0.717, 1.165) is 14.7 Å². The third kappa shape index (κ3) is 3.37. The summed E-state index contributed by atoms with van der Waals surface area (Å²) in [7, 11) is 0. The summed E-state index contributed by atoms with van der Waals surface area (Å²) in [6.07, 6.45) is 0. The molecule has 1 N–H and O–H groups in total. The number of fused-ring (bicyclic) bond motifs is 1. The van der Waals surface area contributed by atoms with Crippen LogP contribution < -0.4 is 5.32 Å². The maximum atomic E-state index is 12.2. The number of hydrogen-bond donors (Lipinski definition) is 1. The van der Waals surface area contributed by atoms with Gasteiger partial charge in [0.1, 0.15) is 0 Å². The molecular formula is C14H7BrCl2N2OS. The molecule has 1 amide bonds. The van der Waals surface area contributed by atoms with Gasteiger partial charge >= 0.3 is 0 Å². The van der Waals surface area contributed by atoms with E-state index in [1.165, 1.54) is 11.3 Å². The molecule has 0 fully saturated rings. The lowest BCUT2D eigenvalue weighted by atomic mass is 10.2. The van der Waals surface area contributed by atoms with Crippen LogP contribution >= 0.6 is 50.5 Å². The Balaban J connectivity index is 1.88. The Bertz CT molecular complexity index is 830. The Labute approximate surface area is 143 Å². The van der Waals surface area contributed by atoms with Gasteiger partial charge in [0.05, 0.1) is 10.2 Å². The molecule has 0 bridgehead atoms. The number of amides is 1. The first-order chi connectivity index (χ1) is 10.0. The second-order valence-corrected chi connectivity index (χ2v) is 7.06. The molecular weight excluding hydrogens is 395 g/mol. The number of carbonyl (C=O) groups excluding carboxylic acids is 1. The number of anilines is 1. The van der Waals surface area contributed by atoms with E-state index in [1.807, 2.05) is 18.2 Å². The van der Waals surface area contributed by atoms with Crippen molar-refractivity contribution in [3.63, 3.8) is 0 Å². The summed E-state index contributed by atoms with van der Waals surface area (Å²) in [6.45, 7) is 0. The zero-order valence-corrected chi connectivity index (χ0v) is 14.3. The summed E-state index contributed by atoms with van der Waals surface area (Å²) >= 11 is 16.6. The van der Waals surface area contributed by atoms with Gasteiger partial charge in [0.25, 0.3) is 5.91 Å². The van der Waals surface area contributed by atoms with E-state index in [2.05, 4.69) is 26.2 Å². The van der Waals surface area contributed by atoms with Crippen molar-refractivity contribution in [1.29, 1.82) is 0 Å². The zero-order chi connectivity index (χ0) is 15.0. The lowest BCUT2D eigenvalue weighted by Crippen LogP contribution is -2.11. The maximum Gasteiger partial charge on any atom is 0.257 e. The number of nitrogens with one attached hydrogen (secondary N) is 1. The number of hydrogen-bond acceptors (Lipinski definition) is 3. The molecule has 0 saturated carbocycles. The van der Waals surface area contributed by atoms with Crippen molar-refractivity contribution < 1.29 is 4.79 Å². The number of thiazole rings is 1. The molecule has 21 heavy (non-hydrogen) atoms. The van der Waals surface area contributed by atoms with Crippen LogP contribution in [0, 0.1) is 0 Å². The highest BCUT2D eigenvalue weighted by molar-refractivity contribution is 9.10. The molecule has 0 aliphatic heterocycles. The van der Waals surface area contributed by atoms with Gasteiger partial charge in [-0.1, -0.05) is 50.5 Å². The fourth-order valence-electron chi connectivity index (χ4n) is 1.81. The van der Waals surface area contributed by atoms with E-state index in [9.17, 15) is 4.79 Å². The third-order valence-electron chi connectivity index (χ3n) is 2.70. The molecule has 0 radical (unpaired) electrons. The van der Waals surface area contributed by atoms with Crippen LogP contribution in [0.1, 0.15) is 10.4 Å². The van der Waals surface area contributed by atoms with Crippen molar-refractivity contribution >= 4 is 71.7 Å². The number of aromatic nitrogens is 1. The minimum Gasteiger partial charge on any atom is -0.298 e. The predicted octanol–water partition coefficient (Wildman–Crippen LogP) is 5.62. The summed E-state index contributed by atoms with van der Waals surface area (Å²) < 4.78 is 1.96. The van der Waals surface area contributed by atoms with Crippen LogP contribution in [0.15, 0.2) is 40.9 Å². The molecule has 2 aromatic carbocycles. The van der Waals surface area contributed by atoms with Gasteiger partial charge in [0.15, 0.2) is 5.13 Å². The first-order valence-corrected chi connectivity index (χ1v) is 8.21. The van der Waals surface area contributed by atoms with Crippen molar-refractivity contribution in [2.24, 2.45) is 0 Å². The molecule has 3 nitrogen and oxygen atoms in total. The summed E-state index contributed by atoms with van der Waals surface area (Å²) in [6, 6.07) is 10.5. The van der Waals surface area contributed by atoms with Gasteiger partial charge in [-0.25, -0.2) is 4.98 Å². The first kappa shape index (κ1) is 14.8. The fourth-order valence-corrected chi connectivity index (χ4v) is 3.74. The number of halogens is 3. The molecule has 1 heterocycles. The van der Waals surface area contributed by atoms with Crippen molar-refractivity contribution in [2.45, 2.75) is 0 Å². The van der Waals surface area contributed by atoms with Crippen molar-refractivity contribution in [1.82, 2.24) is 4.98 Å². The van der Waals surface area contributed by atoms with Crippen LogP contribution in [0.5, 0.6) is 0 Å². The van der Waals surface area contributed by atoms with E-state index >= 15 is 0 Å². The van der Waals surface area contributed by atoms with Crippen LogP contribution in [0.3, 0.4) is 0 Å². The Hall–Kier alpha value is -1.14. The minimum absolute atomic E-state index is 0.294. The highest BCUT2D eigenvalue weighted by Crippen LogP contribution is 2.29. The van der Waals surface area contributed by atoms with Gasteiger partial charge in [0, 0.05) is 20.1 Å². The molecule has 0 atom stereocenters. The van der Waals surface area contributed by atoms with E-state index in [1.54, 1.807) is 18.2 Å². The van der Waals surface area contributed by atoms with Crippen LogP contribution in [-0.2, 0) is 0 Å². The highest BCUT2D eigenvalue weighted by Gasteiger charge is 2.11. The standard InChI is InChI=1S/C14H7BrCl2N2OS/c15-8-1-2-11-12(5-8)21-14(18-11)19-13(20)7-3-9(16)6-10(17)4-7/h1-6H,(H,18,19,20). The van der Waals surface area contributed by atoms with Crippen LogP contribution in [0.2, 0.25) is 10.0 Å². The summed E-state index contributed by atoms with van der Waals surface area (Å²) in [5.74, 6) is -0.294. The normalized spacial score (nSPS) is 10.8. The lowest BCUT2D eigenvalue weighted by Gasteiger charge is -2.02. The zero-order valence-electron chi connectivity index (χ0n) is 10.4. The van der Waals surface area contributed by atoms with Crippen molar-refractivity contribution in [3.8, 4) is 0 Å². The van der Waals surface area contributed by atoms with Crippen molar-refractivity contribution in [3.05, 3.63) is 56.5 Å². The maximum absolute atomic E-state index is 12.2. The Morgan fingerprint density at radius 2 is 1.86 bits per heavy atom. The molecule has 3 rings (SSSR count). The second kappa shape index (κ2) is 5.93. The Kier molecular flexibility index (Phi) is 4.17. The summed E-state index contributed by atoms with van der Waals surface area (Å²) in [4.78, 5) is 16.6. The van der Waals surface area contributed by atoms with E-state index < -0.39 is 0 Å². The fraction of sp³-hybridized carbons (Fsp3) is 0. The van der Waals surface area contributed by atoms with E-state index in [-0.39, 0.29) is 5.91 Å². The lowest BCUT2D eigenvalue weighted by molar-refractivity contribution is 0.102. The molecule has 106 valence electrons. The average molecular weight is 402 g/mol. The molecule has 0 saturated heterocycles. The van der Waals surface area contributed by atoms with Gasteiger partial charge in [0.2, 0.25) is 0 Å². The SMILES string of the molecule is O=C(Nc1nc2ccc(Br)cc2s1)c1cc(Cl)cc(Cl)c1. The third-order valence-corrected chi connectivity index (χ3v) is 4.56. The largest absolute Gasteiger partial charge is 0.298 e. The first-order valence-electron chi connectivity index (χ1n) is 5.85. The van der Waals surface area contributed by atoms with Crippen molar-refractivity contribution in [2.75, 3.05) is 5.32 Å². The van der Waals surface area contributed by atoms with Crippen LogP contribution in [0.4, 0.5) is 5.13 Å². The topological polar surface area (TPSA) is 42.0 Å². The number of carbonyl (C=O) groups is 1. The molecule has 1 aromatic heterocycles. The quantitative estimate of drug-likeness (QED) is 0.605.